The molecule has 4 saturated carbocycles. The Kier molecular flexibility index (Phi) is 9.44. The van der Waals surface area contributed by atoms with Crippen LogP contribution in [-0.4, -0.2) is 52.1 Å². The number of rotatable bonds is 6. The van der Waals surface area contributed by atoms with Crippen LogP contribution in [0.1, 0.15) is 78.6 Å². The van der Waals surface area contributed by atoms with Crippen molar-refractivity contribution >= 4 is 11.9 Å². The van der Waals surface area contributed by atoms with E-state index in [4.69, 9.17) is 0 Å². The van der Waals surface area contributed by atoms with Gasteiger partial charge in [0.15, 0.2) is 0 Å². The van der Waals surface area contributed by atoms with Gasteiger partial charge in [-0.05, 0) is 97.7 Å². The van der Waals surface area contributed by atoms with Crippen molar-refractivity contribution in [3.63, 3.8) is 0 Å². The van der Waals surface area contributed by atoms with Crippen molar-refractivity contribution in [1.82, 2.24) is 5.32 Å². The van der Waals surface area contributed by atoms with E-state index in [-0.39, 0.29) is 116 Å². The molecule has 7 nitrogen and oxygen atoms in total. The van der Waals surface area contributed by atoms with Crippen LogP contribution in [0, 0.1) is 46.3 Å². The van der Waals surface area contributed by atoms with E-state index in [2.05, 4.69) is 26.1 Å². The van der Waals surface area contributed by atoms with Crippen LogP contribution in [0.3, 0.4) is 0 Å². The number of carboxylic acids is 1. The minimum atomic E-state index is -1.29. The third kappa shape index (κ3) is 5.09. The molecule has 188 valence electrons. The molecule has 8 heteroatoms. The van der Waals surface area contributed by atoms with Crippen LogP contribution in [0.15, 0.2) is 0 Å². The predicted octanol–water partition coefficient (Wildman–Crippen LogP) is -1.77. The molecule has 11 atom stereocenters. The molecule has 0 spiro atoms. The summed E-state index contributed by atoms with van der Waals surface area (Å²) in [6.07, 6.45) is 5.75. The molecule has 0 aromatic rings. The number of hydrogen-bond donors (Lipinski definition) is 4. The van der Waals surface area contributed by atoms with Gasteiger partial charge in [0.2, 0.25) is 5.91 Å². The zero-order chi connectivity index (χ0) is 24.1. The second-order valence-corrected chi connectivity index (χ2v) is 12.2. The van der Waals surface area contributed by atoms with E-state index in [1.54, 1.807) is 0 Å². The summed E-state index contributed by atoms with van der Waals surface area (Å²) in [6, 6.07) is 0. The number of carboxylic acid groups (broad SMARTS) is 1. The molecule has 0 bridgehead atoms. The van der Waals surface area contributed by atoms with Gasteiger partial charge in [0.25, 0.3) is 0 Å². The smallest absolute Gasteiger partial charge is 0.548 e. The minimum absolute atomic E-state index is 0. The Hall–Kier alpha value is 0.456. The van der Waals surface area contributed by atoms with Gasteiger partial charge in [0.05, 0.1) is 30.8 Å². The number of amides is 1. The molecule has 0 heterocycles. The van der Waals surface area contributed by atoms with Gasteiger partial charge < -0.3 is 30.5 Å². The first kappa shape index (κ1) is 29.0. The van der Waals surface area contributed by atoms with Gasteiger partial charge in [0.1, 0.15) is 0 Å². The Morgan fingerprint density at radius 1 is 1.06 bits per heavy atom. The second-order valence-electron chi connectivity index (χ2n) is 12.2. The summed E-state index contributed by atoms with van der Waals surface area (Å²) in [4.78, 5) is 22.6. The molecular formula is C26H42KNO6. The first-order valence-electron chi connectivity index (χ1n) is 13.0. The molecule has 0 aliphatic heterocycles. The molecule has 0 aromatic heterocycles. The molecule has 4 aliphatic rings. The maximum absolute atomic E-state index is 12.0. The first-order valence-corrected chi connectivity index (χ1v) is 13.0. The number of aliphatic hydroxyl groups excluding tert-OH is 3. The van der Waals surface area contributed by atoms with E-state index in [0.717, 1.165) is 38.5 Å². The molecule has 4 rings (SSSR count). The maximum atomic E-state index is 12.0. The summed E-state index contributed by atoms with van der Waals surface area (Å²) in [5.74, 6) is -0.0789. The Balaban J connectivity index is 0.00000324. The van der Waals surface area contributed by atoms with Crippen LogP contribution in [0.5, 0.6) is 0 Å². The average Bonchev–Trinajstić information content (AvgIpc) is 3.11. The molecule has 1 unspecified atom stereocenters. The van der Waals surface area contributed by atoms with E-state index in [1.165, 1.54) is 0 Å². The van der Waals surface area contributed by atoms with Crippen LogP contribution in [0.2, 0.25) is 0 Å². The topological polar surface area (TPSA) is 130 Å². The molecule has 4 N–H and O–H groups in total. The third-order valence-corrected chi connectivity index (χ3v) is 10.8. The van der Waals surface area contributed by atoms with Crippen LogP contribution < -0.4 is 61.8 Å². The fourth-order valence-corrected chi connectivity index (χ4v) is 8.95. The normalized spacial score (nSPS) is 46.3. The van der Waals surface area contributed by atoms with Crippen molar-refractivity contribution in [2.75, 3.05) is 6.54 Å². The number of carbonyl (C=O) groups is 2. The number of aliphatic hydroxyl groups is 3. The summed E-state index contributed by atoms with van der Waals surface area (Å²) in [5.41, 5.74) is -0.230. The summed E-state index contributed by atoms with van der Waals surface area (Å²) < 4.78 is 0. The Morgan fingerprint density at radius 3 is 2.44 bits per heavy atom. The zero-order valence-corrected chi connectivity index (χ0v) is 24.5. The molecule has 4 aliphatic carbocycles. The van der Waals surface area contributed by atoms with Gasteiger partial charge in [-0.25, -0.2) is 0 Å². The summed E-state index contributed by atoms with van der Waals surface area (Å²) in [7, 11) is 0. The second kappa shape index (κ2) is 11.1. The SMILES string of the molecule is CC(CCC(=O)NCC(=O)[O-])[C@H]1CC[C@H]2[C@@H]3[C@H](O)C[C@@H]4C[C@H](O)CC[C@]4(C)[C@H]3C[C@H](O)[C@]12C.[K+]. The number of hydrogen-bond acceptors (Lipinski definition) is 6. The van der Waals surface area contributed by atoms with Crippen molar-refractivity contribution in [2.45, 2.75) is 96.9 Å². The van der Waals surface area contributed by atoms with Gasteiger partial charge in [-0.2, -0.15) is 0 Å². The quantitative estimate of drug-likeness (QED) is 0.318. The molecular weight excluding hydrogens is 461 g/mol. The largest absolute Gasteiger partial charge is 1.00 e. The maximum Gasteiger partial charge on any atom is 1.00 e. The van der Waals surface area contributed by atoms with E-state index < -0.39 is 18.6 Å². The minimum Gasteiger partial charge on any atom is -0.548 e. The van der Waals surface area contributed by atoms with Gasteiger partial charge in [-0.15, -0.1) is 0 Å². The average molecular weight is 504 g/mol. The van der Waals surface area contributed by atoms with Gasteiger partial charge in [0, 0.05) is 6.42 Å². The van der Waals surface area contributed by atoms with Crippen LogP contribution >= 0.6 is 0 Å². The number of nitrogens with one attached hydrogen (secondary N) is 1. The van der Waals surface area contributed by atoms with E-state index in [9.17, 15) is 30.0 Å². The molecule has 0 saturated heterocycles. The Labute approximate surface area is 246 Å². The third-order valence-electron chi connectivity index (χ3n) is 10.8. The summed E-state index contributed by atoms with van der Waals surface area (Å²) >= 11 is 0. The number of aliphatic carboxylic acids is 1. The molecule has 4 fully saturated rings. The Bertz CT molecular complexity index is 766. The predicted molar refractivity (Wildman–Crippen MR) is 120 cm³/mol. The standard InChI is InChI=1S/C26H43NO6.K/c1-14(4-7-22(31)27-13-23(32)33)17-5-6-18-24-19(12-21(30)26(17,18)3)25(2)9-8-16(28)10-15(25)11-20(24)29;/h14-21,24,28-30H,4-13H2,1-3H3,(H,27,31)(H,32,33);/q;+1/p-1/t14?,15-,16+,17+,18-,19-,20+,21-,24-,25-,26+;/m0./s1. The van der Waals surface area contributed by atoms with Crippen molar-refractivity contribution < 1.29 is 81.4 Å². The number of carbonyl (C=O) groups excluding carboxylic acids is 2. The molecule has 0 radical (unpaired) electrons. The fourth-order valence-electron chi connectivity index (χ4n) is 8.95. The molecule has 0 aromatic carbocycles. The summed E-state index contributed by atoms with van der Waals surface area (Å²) in [6.45, 7) is 6.21. The van der Waals surface area contributed by atoms with Crippen molar-refractivity contribution in [3.05, 3.63) is 0 Å². The Morgan fingerprint density at radius 2 is 1.76 bits per heavy atom. The molecule has 34 heavy (non-hydrogen) atoms. The van der Waals surface area contributed by atoms with E-state index in [1.807, 2.05) is 0 Å². The monoisotopic (exact) mass is 503 g/mol. The van der Waals surface area contributed by atoms with Crippen LogP contribution in [0.25, 0.3) is 0 Å². The van der Waals surface area contributed by atoms with Crippen LogP contribution in [0.4, 0.5) is 0 Å². The van der Waals surface area contributed by atoms with Gasteiger partial charge in [-0.1, -0.05) is 20.8 Å². The fraction of sp³-hybridized carbons (Fsp3) is 0.923. The van der Waals surface area contributed by atoms with Crippen molar-refractivity contribution in [2.24, 2.45) is 46.3 Å². The van der Waals surface area contributed by atoms with Gasteiger partial charge >= 0.3 is 51.4 Å². The van der Waals surface area contributed by atoms with E-state index >= 15 is 0 Å². The van der Waals surface area contributed by atoms with Gasteiger partial charge in [-0.3, -0.25) is 4.79 Å². The van der Waals surface area contributed by atoms with E-state index in [0.29, 0.717) is 18.8 Å². The number of fused-ring (bicyclic) bond motifs is 5. The molecule has 1 amide bonds. The first-order chi connectivity index (χ1) is 15.5. The van der Waals surface area contributed by atoms with Crippen molar-refractivity contribution in [3.8, 4) is 0 Å². The zero-order valence-electron chi connectivity index (χ0n) is 21.3. The van der Waals surface area contributed by atoms with Crippen LogP contribution in [-0.2, 0) is 9.59 Å². The summed E-state index contributed by atoms with van der Waals surface area (Å²) in [5, 5.41) is 46.1. The van der Waals surface area contributed by atoms with Crippen molar-refractivity contribution in [1.29, 1.82) is 0 Å².